The first-order valence-electron chi connectivity index (χ1n) is 2.07. The summed E-state index contributed by atoms with van der Waals surface area (Å²) in [6, 6.07) is 0. The molecular weight excluding hydrogens is 183 g/mol. The van der Waals surface area contributed by atoms with Gasteiger partial charge in [-0.25, -0.2) is 0 Å². The van der Waals surface area contributed by atoms with E-state index in [1.165, 1.54) is 0 Å². The molecular formula is C3ClFN2O2S. The molecule has 7 heteroatoms. The first kappa shape index (κ1) is 7.36. The first-order chi connectivity index (χ1) is 4.61. The van der Waals surface area contributed by atoms with Crippen molar-refractivity contribution in [3.8, 4) is 0 Å². The van der Waals surface area contributed by atoms with Crippen molar-refractivity contribution in [1.29, 1.82) is 0 Å². The van der Waals surface area contributed by atoms with Gasteiger partial charge in [0, 0.05) is 0 Å². The second kappa shape index (κ2) is 2.47. The number of hydrogen-bond acceptors (Lipinski definition) is 4. The minimum atomic E-state index is -0.892. The second-order valence-electron chi connectivity index (χ2n) is 1.32. The third kappa shape index (κ3) is 1.22. The molecule has 10 heavy (non-hydrogen) atoms. The highest BCUT2D eigenvalue weighted by molar-refractivity contribution is 7.14. The monoisotopic (exact) mass is 182 g/mol. The van der Waals surface area contributed by atoms with Crippen LogP contribution in [0.15, 0.2) is 0 Å². The maximum atomic E-state index is 12.1. The van der Waals surface area contributed by atoms with Crippen molar-refractivity contribution in [1.82, 2.24) is 4.98 Å². The Kier molecular flexibility index (Phi) is 1.82. The molecule has 0 spiro atoms. The highest BCUT2D eigenvalue weighted by atomic mass is 35.5. The summed E-state index contributed by atoms with van der Waals surface area (Å²) in [5.41, 5.74) is 0. The summed E-state index contributed by atoms with van der Waals surface area (Å²) in [5.74, 6) is 0. The van der Waals surface area contributed by atoms with Crippen molar-refractivity contribution in [2.75, 3.05) is 0 Å². The van der Waals surface area contributed by atoms with Crippen LogP contribution in [0.4, 0.5) is 9.39 Å². The lowest BCUT2D eigenvalue weighted by Crippen LogP contribution is -1.82. The van der Waals surface area contributed by atoms with Crippen molar-refractivity contribution >= 4 is 27.9 Å². The predicted molar refractivity (Wildman–Crippen MR) is 33.7 cm³/mol. The topological polar surface area (TPSA) is 56.0 Å². The highest BCUT2D eigenvalue weighted by Gasteiger charge is 2.18. The Hall–Kier alpha value is -0.750. The van der Waals surface area contributed by atoms with Gasteiger partial charge in [-0.1, -0.05) is 11.6 Å². The van der Waals surface area contributed by atoms with E-state index in [-0.39, 0.29) is 0 Å². The summed E-state index contributed by atoms with van der Waals surface area (Å²) >= 11 is 5.47. The van der Waals surface area contributed by atoms with Gasteiger partial charge < -0.3 is 0 Å². The van der Waals surface area contributed by atoms with Gasteiger partial charge in [-0.3, -0.25) is 10.1 Å². The number of hydrogen-bond donors (Lipinski definition) is 0. The van der Waals surface area contributed by atoms with Crippen LogP contribution in [0.25, 0.3) is 0 Å². The second-order valence-corrected chi connectivity index (χ2v) is 2.61. The van der Waals surface area contributed by atoms with Crippen LogP contribution in [0.5, 0.6) is 0 Å². The molecule has 0 saturated carbocycles. The quantitative estimate of drug-likeness (QED) is 0.492. The molecule has 1 aromatic heterocycles. The molecule has 0 amide bonds. The van der Waals surface area contributed by atoms with Gasteiger partial charge in [-0.2, -0.15) is 9.37 Å². The van der Waals surface area contributed by atoms with E-state index < -0.39 is 20.3 Å². The Morgan fingerprint density at radius 3 is 2.60 bits per heavy atom. The molecule has 0 saturated heterocycles. The van der Waals surface area contributed by atoms with Gasteiger partial charge in [0.25, 0.3) is 5.26 Å². The van der Waals surface area contributed by atoms with Crippen LogP contribution in [0.3, 0.4) is 0 Å². The number of nitrogens with zero attached hydrogens (tertiary/aromatic N) is 2. The largest absolute Gasteiger partial charge is 0.365 e. The van der Waals surface area contributed by atoms with E-state index in [9.17, 15) is 14.5 Å². The van der Waals surface area contributed by atoms with Crippen LogP contribution in [0, 0.1) is 15.4 Å². The van der Waals surface area contributed by atoms with Gasteiger partial charge in [0.05, 0.1) is 4.92 Å². The Balaban J connectivity index is 3.15. The normalized spacial score (nSPS) is 9.80. The zero-order valence-corrected chi connectivity index (χ0v) is 5.95. The molecule has 54 valence electrons. The van der Waals surface area contributed by atoms with E-state index in [2.05, 4.69) is 4.98 Å². The summed E-state index contributed by atoms with van der Waals surface area (Å²) in [7, 11) is 0. The average molecular weight is 183 g/mol. The number of halogens is 2. The lowest BCUT2D eigenvalue weighted by molar-refractivity contribution is -0.380. The van der Waals surface area contributed by atoms with Gasteiger partial charge in [-0.15, -0.1) is 0 Å². The maximum Gasteiger partial charge on any atom is 0.365 e. The SMILES string of the molecule is O=[N+]([O-])c1sc(F)nc1Cl. The predicted octanol–water partition coefficient (Wildman–Crippen LogP) is 1.84. The molecule has 0 aliphatic carbocycles. The molecule has 0 atom stereocenters. The molecule has 0 aliphatic heterocycles. The minimum Gasteiger partial charge on any atom is -0.257 e. The van der Waals surface area contributed by atoms with Crippen molar-refractivity contribution in [2.24, 2.45) is 0 Å². The number of nitro groups is 1. The smallest absolute Gasteiger partial charge is 0.257 e. The molecule has 0 radical (unpaired) electrons. The Morgan fingerprint density at radius 1 is 1.80 bits per heavy atom. The van der Waals surface area contributed by atoms with Crippen molar-refractivity contribution < 1.29 is 9.31 Å². The fourth-order valence-electron chi connectivity index (χ4n) is 0.382. The molecule has 1 heterocycles. The Morgan fingerprint density at radius 2 is 2.40 bits per heavy atom. The molecule has 0 aliphatic rings. The zero-order chi connectivity index (χ0) is 7.72. The zero-order valence-electron chi connectivity index (χ0n) is 4.38. The van der Waals surface area contributed by atoms with Crippen LogP contribution >= 0.6 is 22.9 Å². The standard InChI is InChI=1S/C3ClFN2O2S/c4-1-2(7(8)9)10-3(5)6-1. The molecule has 0 aromatic carbocycles. The number of thiazole rings is 1. The number of rotatable bonds is 1. The molecule has 4 nitrogen and oxygen atoms in total. The molecule has 1 rings (SSSR count). The number of aromatic nitrogens is 1. The minimum absolute atomic E-state index is 0.314. The van der Waals surface area contributed by atoms with Crippen molar-refractivity contribution in [3.63, 3.8) is 0 Å². The van der Waals surface area contributed by atoms with Crippen molar-refractivity contribution in [2.45, 2.75) is 0 Å². The van der Waals surface area contributed by atoms with E-state index in [0.29, 0.717) is 11.3 Å². The highest BCUT2D eigenvalue weighted by Crippen LogP contribution is 2.29. The molecule has 1 aromatic rings. The fraction of sp³-hybridized carbons (Fsp3) is 0. The maximum absolute atomic E-state index is 12.1. The lowest BCUT2D eigenvalue weighted by Gasteiger charge is -1.79. The third-order valence-electron chi connectivity index (χ3n) is 0.709. The Labute approximate surface area is 63.4 Å². The Bertz CT molecular complexity index is 275. The molecule has 0 N–H and O–H groups in total. The molecule has 0 fully saturated rings. The van der Waals surface area contributed by atoms with E-state index in [0.717, 1.165) is 0 Å². The third-order valence-corrected chi connectivity index (χ3v) is 1.88. The van der Waals surface area contributed by atoms with Gasteiger partial charge in [0.1, 0.15) is 0 Å². The van der Waals surface area contributed by atoms with Crippen LogP contribution < -0.4 is 0 Å². The lowest BCUT2D eigenvalue weighted by atomic mass is 10.9. The van der Waals surface area contributed by atoms with Crippen LogP contribution in [0.2, 0.25) is 5.15 Å². The van der Waals surface area contributed by atoms with E-state index >= 15 is 0 Å². The van der Waals surface area contributed by atoms with Gasteiger partial charge >= 0.3 is 5.00 Å². The summed E-state index contributed by atoms with van der Waals surface area (Å²) in [5, 5.41) is 8.21. The summed E-state index contributed by atoms with van der Waals surface area (Å²) in [6.45, 7) is 0. The van der Waals surface area contributed by atoms with Crippen LogP contribution in [0.1, 0.15) is 0 Å². The van der Waals surface area contributed by atoms with Gasteiger partial charge in [0.15, 0.2) is 0 Å². The van der Waals surface area contributed by atoms with Gasteiger partial charge in [0.2, 0.25) is 5.15 Å². The van der Waals surface area contributed by atoms with E-state index in [1.807, 2.05) is 0 Å². The fourth-order valence-corrected chi connectivity index (χ4v) is 1.19. The van der Waals surface area contributed by atoms with Crippen LogP contribution in [-0.4, -0.2) is 9.91 Å². The summed E-state index contributed by atoms with van der Waals surface area (Å²) < 4.78 is 12.1. The van der Waals surface area contributed by atoms with E-state index in [1.54, 1.807) is 0 Å². The van der Waals surface area contributed by atoms with E-state index in [4.69, 9.17) is 11.6 Å². The summed E-state index contributed by atoms with van der Waals surface area (Å²) in [6.07, 6.45) is 0. The summed E-state index contributed by atoms with van der Waals surface area (Å²) in [4.78, 5) is 12.2. The molecule has 0 bridgehead atoms. The molecule has 0 unspecified atom stereocenters. The first-order valence-corrected chi connectivity index (χ1v) is 3.27. The van der Waals surface area contributed by atoms with Crippen molar-refractivity contribution in [3.05, 3.63) is 20.5 Å². The van der Waals surface area contributed by atoms with Crippen LogP contribution in [-0.2, 0) is 0 Å². The average Bonchev–Trinajstić information content (AvgIpc) is 2.10. The van der Waals surface area contributed by atoms with Gasteiger partial charge in [-0.05, 0) is 11.3 Å².